The molecule has 134 valence electrons. The molecule has 0 saturated heterocycles. The van der Waals surface area contributed by atoms with Crippen LogP contribution in [-0.4, -0.2) is 22.4 Å². The first-order chi connectivity index (χ1) is 13.0. The summed E-state index contributed by atoms with van der Waals surface area (Å²) in [6.07, 6.45) is 3.09. The lowest BCUT2D eigenvalue weighted by atomic mass is 9.98. The number of nitrogen functional groups attached to an aromatic ring is 1. The number of anilines is 2. The maximum Gasteiger partial charge on any atom is 0.255 e. The fourth-order valence-electron chi connectivity index (χ4n) is 2.61. The topological polar surface area (TPSA) is 109 Å². The number of carbonyl (C=O) groups is 2. The molecule has 1 amide bonds. The summed E-state index contributed by atoms with van der Waals surface area (Å²) in [6.45, 7) is 1.48. The van der Waals surface area contributed by atoms with Gasteiger partial charge in [0.25, 0.3) is 5.91 Å². The number of hydrogen-bond donors (Lipinski definition) is 3. The van der Waals surface area contributed by atoms with Crippen LogP contribution in [0, 0.1) is 5.41 Å². The summed E-state index contributed by atoms with van der Waals surface area (Å²) in [7, 11) is 0. The normalized spacial score (nSPS) is 10.3. The zero-order valence-corrected chi connectivity index (χ0v) is 14.7. The van der Waals surface area contributed by atoms with Crippen molar-refractivity contribution >= 4 is 28.8 Å². The first-order valence-electron chi connectivity index (χ1n) is 8.27. The number of carbonyl (C=O) groups excluding carboxylic acids is 2. The number of nitrogens with zero attached hydrogens (tertiary/aromatic N) is 1. The highest BCUT2D eigenvalue weighted by atomic mass is 16.1. The number of benzene rings is 2. The number of rotatable bonds is 5. The van der Waals surface area contributed by atoms with Crippen LogP contribution < -0.4 is 11.1 Å². The van der Waals surface area contributed by atoms with Crippen molar-refractivity contribution < 1.29 is 9.59 Å². The zero-order chi connectivity index (χ0) is 19.4. The number of nitrogens with one attached hydrogen (secondary N) is 2. The molecule has 0 spiro atoms. The number of nitrogens with two attached hydrogens (primary N) is 1. The van der Waals surface area contributed by atoms with Crippen LogP contribution in [0.5, 0.6) is 0 Å². The van der Waals surface area contributed by atoms with Gasteiger partial charge >= 0.3 is 0 Å². The Morgan fingerprint density at radius 2 is 1.67 bits per heavy atom. The number of pyridine rings is 1. The van der Waals surface area contributed by atoms with E-state index in [0.717, 1.165) is 0 Å². The van der Waals surface area contributed by atoms with Crippen molar-refractivity contribution in [2.24, 2.45) is 0 Å². The van der Waals surface area contributed by atoms with Gasteiger partial charge in [-0.25, -0.2) is 0 Å². The fraction of sp³-hybridized carbons (Fsp3) is 0.0476. The smallest absolute Gasteiger partial charge is 0.255 e. The standard InChI is InChI=1S/C21H18N4O2/c1-13(26)15-3-2-4-16(11-15)20(23)18-12-17(5-6-19(18)22)25-21(27)14-7-9-24-10-8-14/h2-12,23H,22H2,1H3,(H,25,27). The lowest BCUT2D eigenvalue weighted by Crippen LogP contribution is -2.13. The summed E-state index contributed by atoms with van der Waals surface area (Å²) in [5, 5.41) is 11.3. The molecule has 3 aromatic rings. The van der Waals surface area contributed by atoms with Gasteiger partial charge in [0.15, 0.2) is 5.78 Å². The van der Waals surface area contributed by atoms with E-state index in [-0.39, 0.29) is 17.4 Å². The minimum Gasteiger partial charge on any atom is -0.398 e. The molecule has 1 aromatic heterocycles. The Morgan fingerprint density at radius 3 is 2.37 bits per heavy atom. The highest BCUT2D eigenvalue weighted by Gasteiger charge is 2.13. The number of Topliss-reactive ketones (excluding diaryl/α,β-unsaturated/α-hetero) is 1. The molecule has 2 aromatic carbocycles. The van der Waals surface area contributed by atoms with E-state index < -0.39 is 0 Å². The van der Waals surface area contributed by atoms with E-state index in [0.29, 0.717) is 33.6 Å². The van der Waals surface area contributed by atoms with Crippen molar-refractivity contribution in [2.75, 3.05) is 11.1 Å². The molecule has 0 aliphatic carbocycles. The summed E-state index contributed by atoms with van der Waals surface area (Å²) in [5.74, 6) is -0.353. The molecule has 0 bridgehead atoms. The summed E-state index contributed by atoms with van der Waals surface area (Å²) in [4.78, 5) is 27.8. The van der Waals surface area contributed by atoms with Gasteiger partial charge in [-0.1, -0.05) is 18.2 Å². The highest BCUT2D eigenvalue weighted by molar-refractivity contribution is 6.15. The van der Waals surface area contributed by atoms with Crippen LogP contribution in [0.25, 0.3) is 0 Å². The van der Waals surface area contributed by atoms with Gasteiger partial charge in [0.05, 0.1) is 5.71 Å². The Kier molecular flexibility index (Phi) is 5.08. The Labute approximate surface area is 156 Å². The fourth-order valence-corrected chi connectivity index (χ4v) is 2.61. The molecule has 0 aliphatic rings. The maximum absolute atomic E-state index is 12.3. The first kappa shape index (κ1) is 18.0. The predicted molar refractivity (Wildman–Crippen MR) is 105 cm³/mol. The summed E-state index contributed by atoms with van der Waals surface area (Å²) >= 11 is 0. The van der Waals surface area contributed by atoms with Crippen LogP contribution in [0.15, 0.2) is 67.0 Å². The second-order valence-electron chi connectivity index (χ2n) is 6.00. The first-order valence-corrected chi connectivity index (χ1v) is 8.27. The molecule has 27 heavy (non-hydrogen) atoms. The Hall–Kier alpha value is -3.80. The molecule has 6 nitrogen and oxygen atoms in total. The van der Waals surface area contributed by atoms with Crippen molar-refractivity contribution in [1.29, 1.82) is 5.41 Å². The average Bonchev–Trinajstić information content (AvgIpc) is 2.69. The number of hydrogen-bond acceptors (Lipinski definition) is 5. The van der Waals surface area contributed by atoms with E-state index in [9.17, 15) is 9.59 Å². The minimum absolute atomic E-state index is 0.0732. The van der Waals surface area contributed by atoms with Gasteiger partial charge in [-0.2, -0.15) is 0 Å². The number of ketones is 1. The molecular formula is C21H18N4O2. The Morgan fingerprint density at radius 1 is 0.963 bits per heavy atom. The molecule has 0 atom stereocenters. The lowest BCUT2D eigenvalue weighted by molar-refractivity contribution is 0.101. The number of aromatic nitrogens is 1. The van der Waals surface area contributed by atoms with Crippen molar-refractivity contribution in [1.82, 2.24) is 4.98 Å². The van der Waals surface area contributed by atoms with Crippen molar-refractivity contribution in [3.05, 3.63) is 89.2 Å². The zero-order valence-electron chi connectivity index (χ0n) is 14.7. The largest absolute Gasteiger partial charge is 0.398 e. The third-order valence-electron chi connectivity index (χ3n) is 4.08. The highest BCUT2D eigenvalue weighted by Crippen LogP contribution is 2.22. The second-order valence-corrected chi connectivity index (χ2v) is 6.00. The van der Waals surface area contributed by atoms with Crippen LogP contribution in [0.3, 0.4) is 0 Å². The molecular weight excluding hydrogens is 340 g/mol. The summed E-state index contributed by atoms with van der Waals surface area (Å²) in [5.41, 5.74) is 9.21. The van der Waals surface area contributed by atoms with Crippen LogP contribution >= 0.6 is 0 Å². The van der Waals surface area contributed by atoms with Crippen LogP contribution in [-0.2, 0) is 0 Å². The minimum atomic E-state index is -0.279. The van der Waals surface area contributed by atoms with Gasteiger partial charge in [-0.15, -0.1) is 0 Å². The van der Waals surface area contributed by atoms with Gasteiger partial charge in [-0.3, -0.25) is 20.0 Å². The quantitative estimate of drug-likeness (QED) is 0.368. The predicted octanol–water partition coefficient (Wildman–Crippen LogP) is 3.53. The van der Waals surface area contributed by atoms with Crippen molar-refractivity contribution in [3.8, 4) is 0 Å². The van der Waals surface area contributed by atoms with Gasteiger partial charge in [0.2, 0.25) is 0 Å². The molecule has 4 N–H and O–H groups in total. The van der Waals surface area contributed by atoms with E-state index in [1.807, 2.05) is 0 Å². The summed E-state index contributed by atoms with van der Waals surface area (Å²) < 4.78 is 0. The van der Waals surface area contributed by atoms with Crippen LogP contribution in [0.1, 0.15) is 38.8 Å². The van der Waals surface area contributed by atoms with Gasteiger partial charge in [0.1, 0.15) is 0 Å². The SMILES string of the molecule is CC(=O)c1cccc(C(=N)c2cc(NC(=O)c3ccncc3)ccc2N)c1. The molecule has 0 aliphatic heterocycles. The van der Waals surface area contributed by atoms with Gasteiger partial charge in [-0.05, 0) is 43.3 Å². The monoisotopic (exact) mass is 358 g/mol. The average molecular weight is 358 g/mol. The van der Waals surface area contributed by atoms with Gasteiger partial charge in [0, 0.05) is 46.0 Å². The molecule has 1 heterocycles. The number of amides is 1. The van der Waals surface area contributed by atoms with Crippen molar-refractivity contribution in [2.45, 2.75) is 6.92 Å². The molecule has 0 unspecified atom stereocenters. The maximum atomic E-state index is 12.3. The van der Waals surface area contributed by atoms with E-state index in [2.05, 4.69) is 10.3 Å². The molecule has 6 heteroatoms. The van der Waals surface area contributed by atoms with E-state index in [4.69, 9.17) is 11.1 Å². The third-order valence-corrected chi connectivity index (χ3v) is 4.08. The molecule has 0 radical (unpaired) electrons. The van der Waals surface area contributed by atoms with Crippen LogP contribution in [0.2, 0.25) is 0 Å². The van der Waals surface area contributed by atoms with E-state index >= 15 is 0 Å². The van der Waals surface area contributed by atoms with Crippen LogP contribution in [0.4, 0.5) is 11.4 Å². The Balaban J connectivity index is 1.89. The van der Waals surface area contributed by atoms with Crippen molar-refractivity contribution in [3.63, 3.8) is 0 Å². The van der Waals surface area contributed by atoms with E-state index in [1.165, 1.54) is 6.92 Å². The summed E-state index contributed by atoms with van der Waals surface area (Å²) in [6, 6.07) is 15.0. The Bertz CT molecular complexity index is 1030. The lowest BCUT2D eigenvalue weighted by Gasteiger charge is -2.12. The molecule has 0 fully saturated rings. The molecule has 3 rings (SSSR count). The van der Waals surface area contributed by atoms with Gasteiger partial charge < -0.3 is 11.1 Å². The second kappa shape index (κ2) is 7.61. The third kappa shape index (κ3) is 4.07. The molecule has 0 saturated carbocycles. The van der Waals surface area contributed by atoms with E-state index in [1.54, 1.807) is 67.0 Å².